The van der Waals surface area contributed by atoms with Gasteiger partial charge in [0.1, 0.15) is 0 Å². The van der Waals surface area contributed by atoms with Crippen molar-refractivity contribution in [1.82, 2.24) is 15.2 Å². The van der Waals surface area contributed by atoms with Gasteiger partial charge in [-0.1, -0.05) is 0 Å². The monoisotopic (exact) mass is 317 g/mol. The number of urea groups is 1. The lowest BCUT2D eigenvalue weighted by molar-refractivity contribution is -0.184. The number of carbonyl (C=O) groups is 1. The Morgan fingerprint density at radius 3 is 3.00 bits per heavy atom. The number of amides is 2. The number of alkyl halides is 3. The van der Waals surface area contributed by atoms with Crippen molar-refractivity contribution in [3.8, 4) is 5.88 Å². The van der Waals surface area contributed by atoms with Crippen LogP contribution < -0.4 is 10.1 Å². The summed E-state index contributed by atoms with van der Waals surface area (Å²) in [5, 5.41) is 2.63. The quantitative estimate of drug-likeness (QED) is 0.932. The number of piperidine rings is 1. The SMILES string of the molecule is COc1cc(CNC(=O)N2CCC[C@H](C(F)(F)F)C2)ccn1. The van der Waals surface area contributed by atoms with Gasteiger partial charge >= 0.3 is 12.2 Å². The molecule has 8 heteroatoms. The first-order valence-electron chi connectivity index (χ1n) is 6.98. The third kappa shape index (κ3) is 4.25. The number of rotatable bonds is 3. The lowest BCUT2D eigenvalue weighted by Gasteiger charge is -2.33. The van der Waals surface area contributed by atoms with E-state index in [0.29, 0.717) is 18.8 Å². The van der Waals surface area contributed by atoms with E-state index < -0.39 is 18.1 Å². The summed E-state index contributed by atoms with van der Waals surface area (Å²) in [5.41, 5.74) is 0.768. The normalized spacial score (nSPS) is 18.9. The molecule has 1 fully saturated rings. The van der Waals surface area contributed by atoms with Crippen LogP contribution in [-0.2, 0) is 6.54 Å². The summed E-state index contributed by atoms with van der Waals surface area (Å²) in [4.78, 5) is 17.2. The van der Waals surface area contributed by atoms with Crippen LogP contribution in [0.15, 0.2) is 18.3 Å². The van der Waals surface area contributed by atoms with Crippen LogP contribution in [0.2, 0.25) is 0 Å². The van der Waals surface area contributed by atoms with E-state index in [4.69, 9.17) is 4.74 Å². The lowest BCUT2D eigenvalue weighted by atomic mass is 9.98. The Balaban J connectivity index is 1.89. The molecule has 122 valence electrons. The first-order chi connectivity index (χ1) is 10.4. The van der Waals surface area contributed by atoms with Gasteiger partial charge in [-0.2, -0.15) is 13.2 Å². The van der Waals surface area contributed by atoms with E-state index >= 15 is 0 Å². The Labute approximate surface area is 126 Å². The highest BCUT2D eigenvalue weighted by molar-refractivity contribution is 5.74. The van der Waals surface area contributed by atoms with Crippen molar-refractivity contribution < 1.29 is 22.7 Å². The molecule has 0 bridgehead atoms. The highest BCUT2D eigenvalue weighted by Gasteiger charge is 2.42. The topological polar surface area (TPSA) is 54.5 Å². The van der Waals surface area contributed by atoms with E-state index in [9.17, 15) is 18.0 Å². The molecular weight excluding hydrogens is 299 g/mol. The molecule has 22 heavy (non-hydrogen) atoms. The lowest BCUT2D eigenvalue weighted by Crippen LogP contribution is -2.48. The number of halogens is 3. The molecule has 1 aliphatic heterocycles. The Morgan fingerprint density at radius 2 is 2.32 bits per heavy atom. The van der Waals surface area contributed by atoms with Crippen molar-refractivity contribution in [3.63, 3.8) is 0 Å². The smallest absolute Gasteiger partial charge is 0.393 e. The number of aromatic nitrogens is 1. The predicted molar refractivity (Wildman–Crippen MR) is 73.4 cm³/mol. The molecule has 1 aromatic rings. The third-order valence-electron chi connectivity index (χ3n) is 3.62. The molecule has 0 saturated carbocycles. The molecular formula is C14H18F3N3O2. The zero-order valence-corrected chi connectivity index (χ0v) is 12.2. The van der Waals surface area contributed by atoms with Crippen LogP contribution in [0.5, 0.6) is 5.88 Å². The minimum absolute atomic E-state index is 0.0782. The van der Waals surface area contributed by atoms with Crippen LogP contribution in [0.4, 0.5) is 18.0 Å². The third-order valence-corrected chi connectivity index (χ3v) is 3.62. The summed E-state index contributed by atoms with van der Waals surface area (Å²) < 4.78 is 43.2. The van der Waals surface area contributed by atoms with Crippen molar-refractivity contribution in [2.45, 2.75) is 25.6 Å². The Kier molecular flexibility index (Phi) is 5.10. The molecule has 2 heterocycles. The summed E-state index contributed by atoms with van der Waals surface area (Å²) in [6.07, 6.45) is -2.27. The number of nitrogens with one attached hydrogen (secondary N) is 1. The number of nitrogens with zero attached hydrogens (tertiary/aromatic N) is 2. The number of hydrogen-bond acceptors (Lipinski definition) is 3. The highest BCUT2D eigenvalue weighted by atomic mass is 19.4. The second kappa shape index (κ2) is 6.85. The highest BCUT2D eigenvalue weighted by Crippen LogP contribution is 2.33. The minimum atomic E-state index is -4.25. The largest absolute Gasteiger partial charge is 0.481 e. The maximum Gasteiger partial charge on any atom is 0.393 e. The van der Waals surface area contributed by atoms with Crippen LogP contribution in [0.3, 0.4) is 0 Å². The molecule has 1 aromatic heterocycles. The molecule has 0 aromatic carbocycles. The number of hydrogen-bond donors (Lipinski definition) is 1. The second-order valence-corrected chi connectivity index (χ2v) is 5.19. The molecule has 0 spiro atoms. The van der Waals surface area contributed by atoms with E-state index in [-0.39, 0.29) is 19.5 Å². The fourth-order valence-electron chi connectivity index (χ4n) is 2.39. The summed E-state index contributed by atoms with van der Waals surface area (Å²) in [6.45, 7) is 0.276. The Bertz CT molecular complexity index is 522. The van der Waals surface area contributed by atoms with Gasteiger partial charge in [0.15, 0.2) is 0 Å². The molecule has 1 N–H and O–H groups in total. The molecule has 2 amide bonds. The molecule has 5 nitrogen and oxygen atoms in total. The first kappa shape index (κ1) is 16.4. The minimum Gasteiger partial charge on any atom is -0.481 e. The summed E-state index contributed by atoms with van der Waals surface area (Å²) in [6, 6.07) is 2.89. The van der Waals surface area contributed by atoms with Gasteiger partial charge < -0.3 is 15.0 Å². The van der Waals surface area contributed by atoms with Crippen LogP contribution >= 0.6 is 0 Å². The summed E-state index contributed by atoms with van der Waals surface area (Å²) >= 11 is 0. The van der Waals surface area contributed by atoms with Crippen LogP contribution in [0, 0.1) is 5.92 Å². The van der Waals surface area contributed by atoms with Crippen molar-refractivity contribution in [1.29, 1.82) is 0 Å². The van der Waals surface area contributed by atoms with Gasteiger partial charge in [-0.25, -0.2) is 9.78 Å². The Morgan fingerprint density at radius 1 is 1.55 bits per heavy atom. The molecule has 0 aliphatic carbocycles. The molecule has 1 aliphatic rings. The van der Waals surface area contributed by atoms with Crippen molar-refractivity contribution in [2.24, 2.45) is 5.92 Å². The average molecular weight is 317 g/mol. The van der Waals surface area contributed by atoms with E-state index in [1.807, 2.05) is 0 Å². The van der Waals surface area contributed by atoms with E-state index in [1.165, 1.54) is 12.0 Å². The van der Waals surface area contributed by atoms with Crippen LogP contribution in [-0.4, -0.2) is 42.3 Å². The number of pyridine rings is 1. The van der Waals surface area contributed by atoms with Crippen molar-refractivity contribution >= 4 is 6.03 Å². The number of ether oxygens (including phenoxy) is 1. The first-order valence-corrected chi connectivity index (χ1v) is 6.98. The molecule has 1 atom stereocenters. The molecule has 1 saturated heterocycles. The zero-order valence-electron chi connectivity index (χ0n) is 12.2. The number of likely N-dealkylation sites (tertiary alicyclic amines) is 1. The molecule has 0 radical (unpaired) electrons. The van der Waals surface area contributed by atoms with Gasteiger partial charge in [-0.3, -0.25) is 0 Å². The van der Waals surface area contributed by atoms with E-state index in [2.05, 4.69) is 10.3 Å². The van der Waals surface area contributed by atoms with Crippen LogP contribution in [0.1, 0.15) is 18.4 Å². The van der Waals surface area contributed by atoms with E-state index in [1.54, 1.807) is 18.3 Å². The average Bonchev–Trinajstić information content (AvgIpc) is 2.52. The van der Waals surface area contributed by atoms with Crippen molar-refractivity contribution in [2.75, 3.05) is 20.2 Å². The number of methoxy groups -OCH3 is 1. The van der Waals surface area contributed by atoms with Gasteiger partial charge in [-0.15, -0.1) is 0 Å². The number of carbonyl (C=O) groups excluding carboxylic acids is 1. The molecule has 2 rings (SSSR count). The standard InChI is InChI=1S/C14H18F3N3O2/c1-22-12-7-10(4-5-18-12)8-19-13(21)20-6-2-3-11(9-20)14(15,16)17/h4-5,7,11H,2-3,6,8-9H2,1H3,(H,19,21)/t11-/m0/s1. The van der Waals surface area contributed by atoms with E-state index in [0.717, 1.165) is 5.56 Å². The molecule has 0 unspecified atom stereocenters. The predicted octanol–water partition coefficient (Wildman–Crippen LogP) is 2.57. The fraction of sp³-hybridized carbons (Fsp3) is 0.571. The van der Waals surface area contributed by atoms with Crippen molar-refractivity contribution in [3.05, 3.63) is 23.9 Å². The van der Waals surface area contributed by atoms with Gasteiger partial charge in [0.05, 0.1) is 13.0 Å². The maximum atomic E-state index is 12.7. The maximum absolute atomic E-state index is 12.7. The van der Waals surface area contributed by atoms with Gasteiger partial charge in [0, 0.05) is 31.9 Å². The Hall–Kier alpha value is -1.99. The van der Waals surface area contributed by atoms with Gasteiger partial charge in [0.25, 0.3) is 0 Å². The van der Waals surface area contributed by atoms with Gasteiger partial charge in [-0.05, 0) is 24.5 Å². The zero-order chi connectivity index (χ0) is 16.2. The summed E-state index contributed by atoms with van der Waals surface area (Å²) in [7, 11) is 1.48. The van der Waals surface area contributed by atoms with Gasteiger partial charge in [0.2, 0.25) is 5.88 Å². The second-order valence-electron chi connectivity index (χ2n) is 5.19. The fourth-order valence-corrected chi connectivity index (χ4v) is 2.39. The van der Waals surface area contributed by atoms with Crippen LogP contribution in [0.25, 0.3) is 0 Å². The summed E-state index contributed by atoms with van der Waals surface area (Å²) in [5.74, 6) is -1.02.